The molecule has 1 aliphatic heterocycles. The number of benzene rings is 1. The van der Waals surface area contributed by atoms with Crippen molar-refractivity contribution in [3.63, 3.8) is 0 Å². The van der Waals surface area contributed by atoms with E-state index in [9.17, 15) is 0 Å². The van der Waals surface area contributed by atoms with E-state index in [0.717, 1.165) is 31.8 Å². The monoisotopic (exact) mass is 410 g/mol. The number of rotatable bonds is 2. The minimum absolute atomic E-state index is 0. The highest BCUT2D eigenvalue weighted by molar-refractivity contribution is 9.10. The molecule has 2 unspecified atom stereocenters. The van der Waals surface area contributed by atoms with Gasteiger partial charge in [-0.15, -0.1) is 24.8 Å². The maximum absolute atomic E-state index is 5.68. The van der Waals surface area contributed by atoms with E-state index in [2.05, 4.69) is 45.6 Å². The molecular formula is C16H25BrCl2N2O. The largest absolute Gasteiger partial charge is 0.496 e. The second-order valence-electron chi connectivity index (χ2n) is 6.09. The van der Waals surface area contributed by atoms with Crippen molar-refractivity contribution in [1.82, 2.24) is 10.6 Å². The number of ether oxygens (including phenoxy) is 1. The number of hydrogen-bond donors (Lipinski definition) is 2. The lowest BCUT2D eigenvalue weighted by Crippen LogP contribution is -2.58. The van der Waals surface area contributed by atoms with Crippen molar-refractivity contribution < 1.29 is 4.74 Å². The van der Waals surface area contributed by atoms with Crippen LogP contribution < -0.4 is 15.4 Å². The molecule has 0 aromatic heterocycles. The van der Waals surface area contributed by atoms with Crippen LogP contribution in [0.5, 0.6) is 5.75 Å². The molecule has 3 rings (SSSR count). The predicted octanol–water partition coefficient (Wildman–Crippen LogP) is 3.46. The summed E-state index contributed by atoms with van der Waals surface area (Å²) < 4.78 is 6.91. The van der Waals surface area contributed by atoms with Crippen molar-refractivity contribution >= 4 is 40.7 Å². The number of hydrogen-bond acceptors (Lipinski definition) is 3. The molecule has 22 heavy (non-hydrogen) atoms. The van der Waals surface area contributed by atoms with Gasteiger partial charge in [-0.05, 0) is 37.0 Å². The molecule has 0 amide bonds. The zero-order valence-corrected chi connectivity index (χ0v) is 16.3. The Kier molecular flexibility index (Phi) is 7.47. The molecule has 1 aliphatic carbocycles. The lowest BCUT2D eigenvalue weighted by atomic mass is 9.66. The topological polar surface area (TPSA) is 33.3 Å². The Morgan fingerprint density at radius 1 is 1.27 bits per heavy atom. The smallest absolute Gasteiger partial charge is 0.123 e. The van der Waals surface area contributed by atoms with Crippen LogP contribution in [-0.2, 0) is 11.8 Å². The molecule has 3 nitrogen and oxygen atoms in total. The van der Waals surface area contributed by atoms with Gasteiger partial charge in [0.15, 0.2) is 0 Å². The van der Waals surface area contributed by atoms with Crippen molar-refractivity contribution in [2.45, 2.75) is 37.6 Å². The van der Waals surface area contributed by atoms with E-state index in [4.69, 9.17) is 4.74 Å². The third-order valence-electron chi connectivity index (χ3n) is 4.94. The van der Waals surface area contributed by atoms with Gasteiger partial charge in [-0.3, -0.25) is 0 Å². The molecule has 0 spiro atoms. The highest BCUT2D eigenvalue weighted by atomic mass is 79.9. The number of methoxy groups -OCH3 is 1. The molecule has 1 saturated heterocycles. The Morgan fingerprint density at radius 3 is 2.68 bits per heavy atom. The quantitative estimate of drug-likeness (QED) is 0.781. The van der Waals surface area contributed by atoms with Crippen LogP contribution in [-0.4, -0.2) is 32.8 Å². The maximum atomic E-state index is 5.68. The number of fused-ring (bicyclic) bond motifs is 1. The van der Waals surface area contributed by atoms with E-state index in [1.807, 2.05) is 0 Å². The van der Waals surface area contributed by atoms with E-state index in [-0.39, 0.29) is 30.2 Å². The molecule has 1 fully saturated rings. The summed E-state index contributed by atoms with van der Waals surface area (Å²) in [5.74, 6) is 1.04. The molecule has 0 radical (unpaired) electrons. The Morgan fingerprint density at radius 2 is 2.05 bits per heavy atom. The van der Waals surface area contributed by atoms with Crippen molar-refractivity contribution in [3.8, 4) is 5.75 Å². The maximum Gasteiger partial charge on any atom is 0.123 e. The van der Waals surface area contributed by atoms with Crippen LogP contribution in [0.1, 0.15) is 30.9 Å². The van der Waals surface area contributed by atoms with Gasteiger partial charge in [0.05, 0.1) is 7.11 Å². The molecule has 0 saturated carbocycles. The van der Waals surface area contributed by atoms with Gasteiger partial charge in [0, 0.05) is 41.1 Å². The van der Waals surface area contributed by atoms with Crippen molar-refractivity contribution in [2.75, 3.05) is 26.7 Å². The van der Waals surface area contributed by atoms with Gasteiger partial charge >= 0.3 is 0 Å². The second-order valence-corrected chi connectivity index (χ2v) is 6.94. The molecule has 2 N–H and O–H groups in total. The lowest BCUT2D eigenvalue weighted by molar-refractivity contribution is 0.240. The van der Waals surface area contributed by atoms with Gasteiger partial charge in [0.2, 0.25) is 0 Å². The highest BCUT2D eigenvalue weighted by Crippen LogP contribution is 2.46. The zero-order chi connectivity index (χ0) is 14.2. The fraction of sp³-hybridized carbons (Fsp3) is 0.625. The van der Waals surface area contributed by atoms with Gasteiger partial charge < -0.3 is 15.4 Å². The molecule has 2 aliphatic rings. The highest BCUT2D eigenvalue weighted by Gasteiger charge is 2.42. The summed E-state index contributed by atoms with van der Waals surface area (Å²) in [4.78, 5) is 0. The molecule has 126 valence electrons. The van der Waals surface area contributed by atoms with E-state index >= 15 is 0 Å². The standard InChI is InChI=1S/C16H23BrN2O.2ClH/c1-16(14-10-18-8-9-19-14)7-3-4-11-12(17)5-6-13(20-2)15(11)16;;/h5-6,14,18-19H,3-4,7-10H2,1-2H3;2*1H. The summed E-state index contributed by atoms with van der Waals surface area (Å²) >= 11 is 3.73. The SMILES string of the molecule is COc1ccc(Br)c2c1C(C)(C1CNCCN1)CCC2.Cl.Cl. The molecule has 6 heteroatoms. The first-order chi connectivity index (χ1) is 9.66. The van der Waals surface area contributed by atoms with Gasteiger partial charge in [0.25, 0.3) is 0 Å². The van der Waals surface area contributed by atoms with Crippen molar-refractivity contribution in [3.05, 3.63) is 27.7 Å². The molecule has 1 aromatic carbocycles. The van der Waals surface area contributed by atoms with Crippen molar-refractivity contribution in [1.29, 1.82) is 0 Å². The minimum Gasteiger partial charge on any atom is -0.496 e. The van der Waals surface area contributed by atoms with Crippen LogP contribution in [0.2, 0.25) is 0 Å². The summed E-state index contributed by atoms with van der Waals surface area (Å²) in [6.45, 7) is 5.54. The molecule has 2 atom stereocenters. The number of nitrogens with one attached hydrogen (secondary N) is 2. The molecule has 1 heterocycles. The Balaban J connectivity index is 0.00000121. The van der Waals surface area contributed by atoms with Crippen LogP contribution in [0.15, 0.2) is 16.6 Å². The molecular weight excluding hydrogens is 387 g/mol. The first-order valence-electron chi connectivity index (χ1n) is 7.47. The van der Waals surface area contributed by atoms with E-state index in [1.165, 1.54) is 28.4 Å². The zero-order valence-electron chi connectivity index (χ0n) is 13.1. The number of piperazine rings is 1. The lowest BCUT2D eigenvalue weighted by Gasteiger charge is -2.45. The normalized spacial score (nSPS) is 27.1. The Labute approximate surface area is 153 Å². The average Bonchev–Trinajstić information content (AvgIpc) is 2.49. The van der Waals surface area contributed by atoms with Crippen LogP contribution in [0.3, 0.4) is 0 Å². The summed E-state index contributed by atoms with van der Waals surface area (Å²) in [5.41, 5.74) is 2.98. The summed E-state index contributed by atoms with van der Waals surface area (Å²) in [5, 5.41) is 7.23. The fourth-order valence-electron chi connectivity index (χ4n) is 3.85. The number of halogens is 3. The third-order valence-corrected chi connectivity index (χ3v) is 5.68. The predicted molar refractivity (Wildman–Crippen MR) is 100 cm³/mol. The summed E-state index contributed by atoms with van der Waals surface area (Å²) in [7, 11) is 1.78. The first kappa shape index (κ1) is 20.0. The molecule has 0 bridgehead atoms. The van der Waals surface area contributed by atoms with E-state index < -0.39 is 0 Å². The minimum atomic E-state index is 0. The summed E-state index contributed by atoms with van der Waals surface area (Å²) in [6, 6.07) is 4.69. The average molecular weight is 412 g/mol. The molecule has 1 aromatic rings. The second kappa shape index (κ2) is 8.20. The van der Waals surface area contributed by atoms with Gasteiger partial charge in [-0.25, -0.2) is 0 Å². The van der Waals surface area contributed by atoms with E-state index in [1.54, 1.807) is 7.11 Å². The Bertz CT molecular complexity index is 509. The van der Waals surface area contributed by atoms with Crippen LogP contribution in [0, 0.1) is 0 Å². The van der Waals surface area contributed by atoms with Crippen molar-refractivity contribution in [2.24, 2.45) is 0 Å². The van der Waals surface area contributed by atoms with Crippen LogP contribution in [0.25, 0.3) is 0 Å². The van der Waals surface area contributed by atoms with Crippen LogP contribution in [0.4, 0.5) is 0 Å². The third kappa shape index (κ3) is 3.41. The Hall–Kier alpha value is -0.000000000000000222. The van der Waals surface area contributed by atoms with Crippen LogP contribution >= 0.6 is 40.7 Å². The van der Waals surface area contributed by atoms with E-state index in [0.29, 0.717) is 6.04 Å². The van der Waals surface area contributed by atoms with Gasteiger partial charge in [-0.2, -0.15) is 0 Å². The summed E-state index contributed by atoms with van der Waals surface area (Å²) in [6.07, 6.45) is 3.60. The fourth-order valence-corrected chi connectivity index (χ4v) is 4.38. The first-order valence-corrected chi connectivity index (χ1v) is 8.26. The van der Waals surface area contributed by atoms with Gasteiger partial charge in [-0.1, -0.05) is 22.9 Å². The van der Waals surface area contributed by atoms with Gasteiger partial charge in [0.1, 0.15) is 5.75 Å².